The molecule has 0 radical (unpaired) electrons. The summed E-state index contributed by atoms with van der Waals surface area (Å²) < 4.78 is 10.9. The molecule has 192 valence electrons. The number of aliphatic hydroxyl groups is 2. The zero-order chi connectivity index (χ0) is 26.3. The van der Waals surface area contributed by atoms with Crippen molar-refractivity contribution in [2.24, 2.45) is 23.7 Å². The normalized spacial score (nSPS) is 40.8. The number of carbonyl (C=O) groups is 3. The van der Waals surface area contributed by atoms with Gasteiger partial charge < -0.3 is 25.0 Å². The number of hydrogen-bond acceptors (Lipinski definition) is 7. The lowest BCUT2D eigenvalue weighted by atomic mass is 9.59. The molecule has 8 nitrogen and oxygen atoms in total. The van der Waals surface area contributed by atoms with Crippen LogP contribution in [0.5, 0.6) is 0 Å². The number of benzene rings is 1. The van der Waals surface area contributed by atoms with E-state index < -0.39 is 58.9 Å². The van der Waals surface area contributed by atoms with Crippen LogP contribution in [0.25, 0.3) is 0 Å². The van der Waals surface area contributed by atoms with E-state index in [9.17, 15) is 24.6 Å². The SMILES string of the molecule is C=C1C(O)[C@@H]2/C=C/C[C@H](C)C(=O)[C@](C)(O)/C=C/OC(=O)O[C@]23C(=O)N[C@@H](Cc2ccccc2)[C@@H]3[C@@H]1C. The standard InChI is InChI=1S/C28H33NO7/c1-16-9-8-12-20-23(30)18(3)17(2)22-21(15-19-10-6-5-7-11-19)29-25(32)28(20,22)36-26(33)35-14-13-27(4,34)24(16)31/h5-8,10-14,16-17,20-23,30,34H,3,9,15H2,1-2,4H3,(H,29,32)/b12-8+,14-13+/t16-,17+,20-,21-,22-,23?,27+,28+/m0/s1. The van der Waals surface area contributed by atoms with Gasteiger partial charge in [0.25, 0.3) is 5.91 Å². The van der Waals surface area contributed by atoms with Crippen LogP contribution in [-0.4, -0.2) is 51.4 Å². The van der Waals surface area contributed by atoms with Crippen molar-refractivity contribution < 1.29 is 34.1 Å². The van der Waals surface area contributed by atoms with Gasteiger partial charge in [-0.2, -0.15) is 0 Å². The van der Waals surface area contributed by atoms with Gasteiger partial charge in [-0.1, -0.05) is 62.9 Å². The first-order chi connectivity index (χ1) is 17.0. The maximum Gasteiger partial charge on any atom is 0.514 e. The van der Waals surface area contributed by atoms with Crippen LogP contribution in [0.4, 0.5) is 4.79 Å². The molecule has 1 spiro atoms. The predicted octanol–water partition coefficient (Wildman–Crippen LogP) is 2.85. The minimum atomic E-state index is -1.86. The minimum Gasteiger partial charge on any atom is -0.416 e. The van der Waals surface area contributed by atoms with Crippen LogP contribution >= 0.6 is 0 Å². The lowest BCUT2D eigenvalue weighted by Crippen LogP contribution is -2.61. The molecule has 1 amide bonds. The topological polar surface area (TPSA) is 122 Å². The molecule has 8 heteroatoms. The third-order valence-electron chi connectivity index (χ3n) is 7.83. The van der Waals surface area contributed by atoms with Crippen LogP contribution in [0.1, 0.15) is 32.8 Å². The summed E-state index contributed by atoms with van der Waals surface area (Å²) in [5.74, 6) is -3.41. The van der Waals surface area contributed by atoms with Gasteiger partial charge >= 0.3 is 6.16 Å². The number of Topliss-reactive ketones (excluding diaryl/α,β-unsaturated/α-hetero) is 1. The number of carbonyl (C=O) groups excluding carboxylic acids is 3. The molecule has 0 aromatic heterocycles. The van der Waals surface area contributed by atoms with E-state index in [-0.39, 0.29) is 12.3 Å². The molecule has 1 saturated carbocycles. The first-order valence-corrected chi connectivity index (χ1v) is 12.2. The number of ketones is 1. The van der Waals surface area contributed by atoms with E-state index in [0.717, 1.165) is 17.9 Å². The van der Waals surface area contributed by atoms with Gasteiger partial charge in [0.15, 0.2) is 5.78 Å². The lowest BCUT2D eigenvalue weighted by molar-refractivity contribution is -0.159. The molecule has 2 heterocycles. The van der Waals surface area contributed by atoms with E-state index in [1.165, 1.54) is 6.92 Å². The first-order valence-electron chi connectivity index (χ1n) is 12.2. The quantitative estimate of drug-likeness (QED) is 0.426. The van der Waals surface area contributed by atoms with Crippen LogP contribution in [0.15, 0.2) is 67.0 Å². The van der Waals surface area contributed by atoms with Crippen molar-refractivity contribution in [1.82, 2.24) is 5.32 Å². The molecule has 36 heavy (non-hydrogen) atoms. The molecular weight excluding hydrogens is 462 g/mol. The molecule has 8 atom stereocenters. The summed E-state index contributed by atoms with van der Waals surface area (Å²) in [6.45, 7) is 8.95. The largest absolute Gasteiger partial charge is 0.514 e. The van der Waals surface area contributed by atoms with E-state index in [1.807, 2.05) is 37.3 Å². The predicted molar refractivity (Wildman–Crippen MR) is 131 cm³/mol. The lowest BCUT2D eigenvalue weighted by Gasteiger charge is -2.48. The van der Waals surface area contributed by atoms with Crippen molar-refractivity contribution in [3.05, 3.63) is 72.5 Å². The molecule has 1 aromatic carbocycles. The fourth-order valence-corrected chi connectivity index (χ4v) is 5.86. The van der Waals surface area contributed by atoms with Gasteiger partial charge in [-0.15, -0.1) is 0 Å². The van der Waals surface area contributed by atoms with Crippen LogP contribution in [-0.2, 0) is 25.5 Å². The number of hydrogen-bond donors (Lipinski definition) is 3. The molecule has 0 bridgehead atoms. The Labute approximate surface area is 210 Å². The van der Waals surface area contributed by atoms with Crippen molar-refractivity contribution in [1.29, 1.82) is 0 Å². The van der Waals surface area contributed by atoms with E-state index in [0.29, 0.717) is 12.0 Å². The number of amides is 1. The Kier molecular flexibility index (Phi) is 6.94. The molecule has 3 aliphatic rings. The molecule has 1 unspecified atom stereocenters. The number of aliphatic hydroxyl groups excluding tert-OH is 1. The summed E-state index contributed by atoms with van der Waals surface area (Å²) in [4.78, 5) is 39.3. The smallest absolute Gasteiger partial charge is 0.416 e. The second-order valence-electron chi connectivity index (χ2n) is 10.3. The zero-order valence-electron chi connectivity index (χ0n) is 20.7. The van der Waals surface area contributed by atoms with Crippen molar-refractivity contribution in [2.45, 2.75) is 57.0 Å². The van der Waals surface area contributed by atoms with Crippen LogP contribution in [0.2, 0.25) is 0 Å². The maximum atomic E-state index is 13.7. The van der Waals surface area contributed by atoms with Crippen molar-refractivity contribution in [3.8, 4) is 0 Å². The highest BCUT2D eigenvalue weighted by Gasteiger charge is 2.68. The number of nitrogens with one attached hydrogen (secondary N) is 1. The van der Waals surface area contributed by atoms with Gasteiger partial charge in [0, 0.05) is 17.9 Å². The number of allylic oxidation sites excluding steroid dienone is 1. The molecule has 4 rings (SSSR count). The van der Waals surface area contributed by atoms with Crippen molar-refractivity contribution in [2.75, 3.05) is 0 Å². The summed E-state index contributed by atoms with van der Waals surface area (Å²) >= 11 is 0. The van der Waals surface area contributed by atoms with Crippen molar-refractivity contribution >= 4 is 17.8 Å². The highest BCUT2D eigenvalue weighted by Crippen LogP contribution is 2.52. The average molecular weight is 496 g/mol. The Morgan fingerprint density at radius 3 is 2.56 bits per heavy atom. The van der Waals surface area contributed by atoms with Crippen LogP contribution in [0, 0.1) is 23.7 Å². The van der Waals surface area contributed by atoms with Gasteiger partial charge in [0.2, 0.25) is 5.60 Å². The molecule has 3 N–H and O–H groups in total. The second kappa shape index (κ2) is 9.67. The highest BCUT2D eigenvalue weighted by atomic mass is 16.7. The molecule has 1 saturated heterocycles. The van der Waals surface area contributed by atoms with E-state index in [1.54, 1.807) is 19.1 Å². The molecule has 2 fully saturated rings. The van der Waals surface area contributed by atoms with Crippen LogP contribution < -0.4 is 5.32 Å². The fourth-order valence-electron chi connectivity index (χ4n) is 5.86. The van der Waals surface area contributed by atoms with Gasteiger partial charge in [-0.05, 0) is 42.9 Å². The Balaban J connectivity index is 1.80. The monoisotopic (exact) mass is 495 g/mol. The van der Waals surface area contributed by atoms with Crippen LogP contribution in [0.3, 0.4) is 0 Å². The first kappa shape index (κ1) is 25.9. The average Bonchev–Trinajstić information content (AvgIpc) is 3.10. The number of rotatable bonds is 2. The summed E-state index contributed by atoms with van der Waals surface area (Å²) in [5.41, 5.74) is -2.08. The van der Waals surface area contributed by atoms with E-state index in [2.05, 4.69) is 11.9 Å². The molecule has 2 aliphatic heterocycles. The Morgan fingerprint density at radius 2 is 1.86 bits per heavy atom. The zero-order valence-corrected chi connectivity index (χ0v) is 20.7. The Hall–Kier alpha value is -3.23. The molecular formula is C28H33NO7. The minimum absolute atomic E-state index is 0.249. The summed E-state index contributed by atoms with van der Waals surface area (Å²) in [6.07, 6.45) is 3.68. The van der Waals surface area contributed by atoms with E-state index >= 15 is 0 Å². The number of cyclic esters (lactones) is 1. The van der Waals surface area contributed by atoms with Gasteiger partial charge in [-0.25, -0.2) is 4.79 Å². The highest BCUT2D eigenvalue weighted by molar-refractivity contribution is 5.92. The van der Waals surface area contributed by atoms with Gasteiger partial charge in [0.1, 0.15) is 5.60 Å². The van der Waals surface area contributed by atoms with Gasteiger partial charge in [0.05, 0.1) is 18.3 Å². The third-order valence-corrected chi connectivity index (χ3v) is 7.83. The molecule has 1 aromatic rings. The third kappa shape index (κ3) is 4.40. The summed E-state index contributed by atoms with van der Waals surface area (Å²) in [7, 11) is 0. The second-order valence-corrected chi connectivity index (χ2v) is 10.3. The van der Waals surface area contributed by atoms with E-state index in [4.69, 9.17) is 9.47 Å². The fraction of sp³-hybridized carbons (Fsp3) is 0.464. The Bertz CT molecular complexity index is 1110. The summed E-state index contributed by atoms with van der Waals surface area (Å²) in [6, 6.07) is 9.26. The number of ether oxygens (including phenoxy) is 2. The Morgan fingerprint density at radius 1 is 1.17 bits per heavy atom. The van der Waals surface area contributed by atoms with Crippen molar-refractivity contribution in [3.63, 3.8) is 0 Å². The summed E-state index contributed by atoms with van der Waals surface area (Å²) in [5, 5.41) is 24.8. The van der Waals surface area contributed by atoms with Gasteiger partial charge in [-0.3, -0.25) is 9.59 Å². The molecule has 1 aliphatic carbocycles. The maximum absolute atomic E-state index is 13.7.